The Balaban J connectivity index is 2.05. The van der Waals surface area contributed by atoms with E-state index >= 15 is 0 Å². The normalized spacial score (nSPS) is 34.0. The Hall–Kier alpha value is -0.980. The molecule has 28 heavy (non-hydrogen) atoms. The lowest BCUT2D eigenvalue weighted by Gasteiger charge is -2.53. The number of hydrogen-bond acceptors (Lipinski definition) is 1. The summed E-state index contributed by atoms with van der Waals surface area (Å²) in [6, 6.07) is 10.8. The highest BCUT2D eigenvalue weighted by Gasteiger charge is 2.42. The molecule has 6 unspecified atom stereocenters. The van der Waals surface area contributed by atoms with Crippen molar-refractivity contribution in [2.75, 3.05) is 4.90 Å². The monoisotopic (exact) mass is 383 g/mol. The van der Waals surface area contributed by atoms with Crippen LogP contribution >= 0.6 is 0 Å². The predicted molar refractivity (Wildman–Crippen MR) is 124 cm³/mol. The Labute approximate surface area is 175 Å². The maximum atomic E-state index is 2.97. The molecular formula is C27H45N. The Morgan fingerprint density at radius 1 is 0.786 bits per heavy atom. The van der Waals surface area contributed by atoms with Gasteiger partial charge < -0.3 is 4.90 Å². The first-order valence-electron chi connectivity index (χ1n) is 12.1. The molecule has 0 aliphatic heterocycles. The molecule has 0 N–H and O–H groups in total. The van der Waals surface area contributed by atoms with E-state index in [0.717, 1.165) is 35.5 Å². The zero-order valence-electron chi connectivity index (χ0n) is 19.6. The second-order valence-electron chi connectivity index (χ2n) is 11.0. The van der Waals surface area contributed by atoms with E-state index in [4.69, 9.17) is 0 Å². The molecule has 2 aliphatic carbocycles. The number of nitrogens with zero attached hydrogens (tertiary/aromatic N) is 1. The molecule has 0 amide bonds. The lowest BCUT2D eigenvalue weighted by molar-refractivity contribution is 0.136. The molecule has 0 heterocycles. The van der Waals surface area contributed by atoms with Crippen LogP contribution in [0, 0.1) is 42.4 Å². The third-order valence-corrected chi connectivity index (χ3v) is 7.99. The van der Waals surface area contributed by atoms with Crippen LogP contribution in [0.2, 0.25) is 0 Å². The number of aryl methyl sites for hydroxylation is 1. The fraction of sp³-hybridized carbons (Fsp3) is 0.778. The van der Waals surface area contributed by atoms with Crippen molar-refractivity contribution in [2.45, 2.75) is 99.1 Å². The summed E-state index contributed by atoms with van der Waals surface area (Å²) in [5.74, 6) is 4.88. The highest BCUT2D eigenvalue weighted by atomic mass is 15.2. The molecule has 2 fully saturated rings. The first kappa shape index (κ1) is 21.7. The summed E-state index contributed by atoms with van der Waals surface area (Å²) in [5, 5.41) is 0. The molecule has 1 aromatic carbocycles. The van der Waals surface area contributed by atoms with Crippen molar-refractivity contribution >= 4 is 5.69 Å². The van der Waals surface area contributed by atoms with Crippen LogP contribution in [-0.4, -0.2) is 12.1 Å². The van der Waals surface area contributed by atoms with Crippen LogP contribution in [0.15, 0.2) is 24.3 Å². The fourth-order valence-electron chi connectivity index (χ4n) is 6.36. The van der Waals surface area contributed by atoms with Crippen molar-refractivity contribution in [1.82, 2.24) is 0 Å². The van der Waals surface area contributed by atoms with Gasteiger partial charge in [-0.05, 0) is 85.8 Å². The minimum Gasteiger partial charge on any atom is -0.365 e. The Kier molecular flexibility index (Phi) is 7.16. The highest BCUT2D eigenvalue weighted by molar-refractivity contribution is 5.51. The van der Waals surface area contributed by atoms with Crippen molar-refractivity contribution in [1.29, 1.82) is 0 Å². The molecule has 0 spiro atoms. The minimum absolute atomic E-state index is 0.696. The topological polar surface area (TPSA) is 3.24 Å². The Bertz CT molecular complexity index is 586. The quantitative estimate of drug-likeness (QED) is 0.503. The molecule has 2 aliphatic rings. The van der Waals surface area contributed by atoms with Gasteiger partial charge in [-0.3, -0.25) is 0 Å². The van der Waals surface area contributed by atoms with Crippen LogP contribution in [0.4, 0.5) is 5.69 Å². The summed E-state index contributed by atoms with van der Waals surface area (Å²) >= 11 is 0. The van der Waals surface area contributed by atoms with Gasteiger partial charge in [-0.2, -0.15) is 0 Å². The summed E-state index contributed by atoms with van der Waals surface area (Å²) < 4.78 is 0. The first-order chi connectivity index (χ1) is 13.3. The van der Waals surface area contributed by atoms with Crippen molar-refractivity contribution in [3.05, 3.63) is 29.8 Å². The van der Waals surface area contributed by atoms with E-state index in [1.54, 1.807) is 0 Å². The van der Waals surface area contributed by atoms with Crippen molar-refractivity contribution in [3.8, 4) is 0 Å². The van der Waals surface area contributed by atoms with E-state index in [0.29, 0.717) is 12.1 Å². The summed E-state index contributed by atoms with van der Waals surface area (Å²) in [4.78, 5) is 2.97. The highest BCUT2D eigenvalue weighted by Crippen LogP contribution is 2.44. The maximum absolute atomic E-state index is 2.97. The van der Waals surface area contributed by atoms with Gasteiger partial charge in [-0.15, -0.1) is 0 Å². The van der Waals surface area contributed by atoms with Gasteiger partial charge in [0.05, 0.1) is 0 Å². The van der Waals surface area contributed by atoms with Crippen LogP contribution < -0.4 is 4.90 Å². The average molecular weight is 384 g/mol. The van der Waals surface area contributed by atoms with E-state index in [2.05, 4.69) is 77.6 Å². The first-order valence-corrected chi connectivity index (χ1v) is 12.1. The third-order valence-electron chi connectivity index (χ3n) is 7.99. The summed E-state index contributed by atoms with van der Waals surface area (Å²) in [7, 11) is 0. The second-order valence-corrected chi connectivity index (χ2v) is 11.0. The van der Waals surface area contributed by atoms with Gasteiger partial charge in [0.1, 0.15) is 0 Å². The molecule has 6 atom stereocenters. The molecule has 3 rings (SSSR count). The predicted octanol–water partition coefficient (Wildman–Crippen LogP) is 7.72. The zero-order chi connectivity index (χ0) is 20.4. The summed E-state index contributed by atoms with van der Waals surface area (Å²) in [5.41, 5.74) is 2.90. The van der Waals surface area contributed by atoms with E-state index in [9.17, 15) is 0 Å². The van der Waals surface area contributed by atoms with E-state index in [1.165, 1.54) is 49.8 Å². The average Bonchev–Trinajstić information content (AvgIpc) is 2.61. The van der Waals surface area contributed by atoms with Gasteiger partial charge in [-0.25, -0.2) is 0 Å². The molecule has 2 saturated carbocycles. The molecule has 0 aromatic heterocycles. The van der Waals surface area contributed by atoms with Gasteiger partial charge in [0.25, 0.3) is 0 Å². The molecule has 158 valence electrons. The molecule has 1 nitrogen and oxygen atoms in total. The number of benzene rings is 1. The standard InChI is InChI=1S/C27H45N/c1-18(2)24-13-11-21(6)16-26(24)28(23-10-8-9-20(5)15-23)27-17-22(7)12-14-25(27)19(3)4/h8-10,15,18-19,21-22,24-27H,11-14,16-17H2,1-7H3. The lowest BCUT2D eigenvalue weighted by Crippen LogP contribution is -2.55. The zero-order valence-corrected chi connectivity index (χ0v) is 19.6. The van der Waals surface area contributed by atoms with Crippen molar-refractivity contribution < 1.29 is 0 Å². The fourth-order valence-corrected chi connectivity index (χ4v) is 6.36. The smallest absolute Gasteiger partial charge is 0.0374 e. The molecule has 0 bridgehead atoms. The summed E-state index contributed by atoms with van der Waals surface area (Å²) in [6.07, 6.45) is 8.37. The van der Waals surface area contributed by atoms with Gasteiger partial charge >= 0.3 is 0 Å². The van der Waals surface area contributed by atoms with Gasteiger partial charge in [-0.1, -0.05) is 66.5 Å². The molecule has 0 saturated heterocycles. The van der Waals surface area contributed by atoms with Crippen LogP contribution in [0.5, 0.6) is 0 Å². The van der Waals surface area contributed by atoms with Crippen LogP contribution in [0.25, 0.3) is 0 Å². The lowest BCUT2D eigenvalue weighted by atomic mass is 9.69. The third kappa shape index (κ3) is 4.77. The van der Waals surface area contributed by atoms with Crippen LogP contribution in [0.1, 0.15) is 85.6 Å². The van der Waals surface area contributed by atoms with Crippen LogP contribution in [-0.2, 0) is 0 Å². The van der Waals surface area contributed by atoms with Crippen molar-refractivity contribution in [2.24, 2.45) is 35.5 Å². The second kappa shape index (κ2) is 9.23. The SMILES string of the molecule is Cc1cccc(N(C2CC(C)CCC2C(C)C)C2CC(C)CCC2C(C)C)c1. The van der Waals surface area contributed by atoms with E-state index < -0.39 is 0 Å². The Morgan fingerprint density at radius 2 is 1.29 bits per heavy atom. The molecular weight excluding hydrogens is 338 g/mol. The Morgan fingerprint density at radius 3 is 1.71 bits per heavy atom. The maximum Gasteiger partial charge on any atom is 0.0374 e. The van der Waals surface area contributed by atoms with E-state index in [1.807, 2.05) is 0 Å². The number of hydrogen-bond donors (Lipinski definition) is 0. The molecule has 1 aromatic rings. The van der Waals surface area contributed by atoms with E-state index in [-0.39, 0.29) is 0 Å². The molecule has 0 radical (unpaired) electrons. The minimum atomic E-state index is 0.696. The van der Waals surface area contributed by atoms with Gasteiger partial charge in [0, 0.05) is 17.8 Å². The van der Waals surface area contributed by atoms with Gasteiger partial charge in [0.2, 0.25) is 0 Å². The van der Waals surface area contributed by atoms with Gasteiger partial charge in [0.15, 0.2) is 0 Å². The number of anilines is 1. The largest absolute Gasteiger partial charge is 0.365 e. The van der Waals surface area contributed by atoms with Crippen molar-refractivity contribution in [3.63, 3.8) is 0 Å². The van der Waals surface area contributed by atoms with Crippen LogP contribution in [0.3, 0.4) is 0 Å². The molecule has 1 heteroatoms. The number of rotatable bonds is 5. The summed E-state index contributed by atoms with van der Waals surface area (Å²) in [6.45, 7) is 17.1.